The summed E-state index contributed by atoms with van der Waals surface area (Å²) in [5.41, 5.74) is 7.00. The van der Waals surface area contributed by atoms with E-state index in [1.807, 2.05) is 25.1 Å². The average Bonchev–Trinajstić information content (AvgIpc) is 2.35. The number of benzene rings is 1. The molecule has 0 bridgehead atoms. The number of nitrogens with zero attached hydrogens (tertiary/aromatic N) is 1. The molecule has 0 radical (unpaired) electrons. The highest BCUT2D eigenvalue weighted by atomic mass is 32.2. The van der Waals surface area contributed by atoms with Gasteiger partial charge in [0.15, 0.2) is 0 Å². The summed E-state index contributed by atoms with van der Waals surface area (Å²) in [6.07, 6.45) is 0. The van der Waals surface area contributed by atoms with Crippen molar-refractivity contribution in [3.8, 4) is 0 Å². The molecule has 19 heavy (non-hydrogen) atoms. The second kappa shape index (κ2) is 6.85. The van der Waals surface area contributed by atoms with Crippen molar-refractivity contribution in [2.75, 3.05) is 31.9 Å². The standard InChI is InChI=1S/C12H22N4O2S/c1-10(14-8-7-13)11-5-4-6-12(9-11)15-19(17,18)16(2)3/h4-6,9-10,14-15H,7-8,13H2,1-3H3. The van der Waals surface area contributed by atoms with E-state index in [2.05, 4.69) is 10.0 Å². The summed E-state index contributed by atoms with van der Waals surface area (Å²) in [5, 5.41) is 3.25. The van der Waals surface area contributed by atoms with Gasteiger partial charge in [-0.3, -0.25) is 4.72 Å². The van der Waals surface area contributed by atoms with Crippen LogP contribution in [-0.4, -0.2) is 39.9 Å². The van der Waals surface area contributed by atoms with E-state index in [4.69, 9.17) is 5.73 Å². The van der Waals surface area contributed by atoms with Gasteiger partial charge in [0.1, 0.15) is 0 Å². The van der Waals surface area contributed by atoms with Gasteiger partial charge in [-0.25, -0.2) is 0 Å². The van der Waals surface area contributed by atoms with Gasteiger partial charge in [0.2, 0.25) is 0 Å². The molecule has 0 saturated heterocycles. The number of hydrogen-bond acceptors (Lipinski definition) is 4. The highest BCUT2D eigenvalue weighted by Crippen LogP contribution is 2.18. The van der Waals surface area contributed by atoms with E-state index < -0.39 is 10.2 Å². The molecule has 0 aliphatic heterocycles. The first-order valence-corrected chi connectivity index (χ1v) is 7.54. The predicted molar refractivity (Wildman–Crippen MR) is 78.1 cm³/mol. The molecule has 7 heteroatoms. The highest BCUT2D eigenvalue weighted by molar-refractivity contribution is 7.90. The molecule has 0 heterocycles. The summed E-state index contributed by atoms with van der Waals surface area (Å²) in [6.45, 7) is 3.29. The van der Waals surface area contributed by atoms with E-state index in [1.165, 1.54) is 14.1 Å². The highest BCUT2D eigenvalue weighted by Gasteiger charge is 2.13. The van der Waals surface area contributed by atoms with Crippen LogP contribution in [0.4, 0.5) is 5.69 Å². The Morgan fingerprint density at radius 3 is 2.63 bits per heavy atom. The monoisotopic (exact) mass is 286 g/mol. The SMILES string of the molecule is CC(NCCN)c1cccc(NS(=O)(=O)N(C)C)c1. The van der Waals surface area contributed by atoms with Crippen LogP contribution in [0.25, 0.3) is 0 Å². The van der Waals surface area contributed by atoms with E-state index in [0.29, 0.717) is 12.2 Å². The molecule has 0 fully saturated rings. The van der Waals surface area contributed by atoms with Crippen LogP contribution in [0.1, 0.15) is 18.5 Å². The Morgan fingerprint density at radius 2 is 2.05 bits per heavy atom. The van der Waals surface area contributed by atoms with E-state index >= 15 is 0 Å². The number of nitrogens with two attached hydrogens (primary N) is 1. The van der Waals surface area contributed by atoms with Gasteiger partial charge in [0.05, 0.1) is 5.69 Å². The summed E-state index contributed by atoms with van der Waals surface area (Å²) in [7, 11) is -0.500. The number of rotatable bonds is 7. The molecule has 0 saturated carbocycles. The normalized spacial score (nSPS) is 13.5. The third-order valence-electron chi connectivity index (χ3n) is 2.71. The van der Waals surface area contributed by atoms with Crippen LogP contribution in [0.15, 0.2) is 24.3 Å². The zero-order valence-electron chi connectivity index (χ0n) is 11.6. The molecule has 1 unspecified atom stereocenters. The molecule has 6 nitrogen and oxygen atoms in total. The quantitative estimate of drug-likeness (QED) is 0.682. The Morgan fingerprint density at radius 1 is 1.37 bits per heavy atom. The Labute approximate surface area is 115 Å². The fourth-order valence-corrected chi connectivity index (χ4v) is 2.14. The van der Waals surface area contributed by atoms with Crippen molar-refractivity contribution in [2.45, 2.75) is 13.0 Å². The first kappa shape index (κ1) is 15.9. The minimum atomic E-state index is -3.47. The maximum Gasteiger partial charge on any atom is 0.301 e. The second-order valence-electron chi connectivity index (χ2n) is 4.48. The van der Waals surface area contributed by atoms with Gasteiger partial charge in [-0.15, -0.1) is 0 Å². The van der Waals surface area contributed by atoms with Crippen molar-refractivity contribution >= 4 is 15.9 Å². The summed E-state index contributed by atoms with van der Waals surface area (Å²) < 4.78 is 27.1. The Balaban J connectivity index is 2.83. The minimum absolute atomic E-state index is 0.118. The maximum absolute atomic E-state index is 11.7. The minimum Gasteiger partial charge on any atom is -0.329 e. The number of anilines is 1. The van der Waals surface area contributed by atoms with E-state index in [1.54, 1.807) is 6.07 Å². The first-order valence-electron chi connectivity index (χ1n) is 6.10. The Hall–Kier alpha value is -1.15. The lowest BCUT2D eigenvalue weighted by molar-refractivity contribution is 0.527. The van der Waals surface area contributed by atoms with E-state index in [9.17, 15) is 8.42 Å². The fraction of sp³-hybridized carbons (Fsp3) is 0.500. The summed E-state index contributed by atoms with van der Waals surface area (Å²) in [5.74, 6) is 0. The van der Waals surface area contributed by atoms with Crippen LogP contribution < -0.4 is 15.8 Å². The fourth-order valence-electron chi connectivity index (χ4n) is 1.53. The van der Waals surface area contributed by atoms with Crippen LogP contribution in [0.3, 0.4) is 0 Å². The Bertz CT molecular complexity index is 502. The van der Waals surface area contributed by atoms with Gasteiger partial charge in [-0.1, -0.05) is 12.1 Å². The molecule has 1 atom stereocenters. The lowest BCUT2D eigenvalue weighted by atomic mass is 10.1. The molecule has 4 N–H and O–H groups in total. The molecule has 108 valence electrons. The molecule has 0 aromatic heterocycles. The van der Waals surface area contributed by atoms with E-state index in [0.717, 1.165) is 16.4 Å². The molecular weight excluding hydrogens is 264 g/mol. The lowest BCUT2D eigenvalue weighted by Crippen LogP contribution is -2.29. The van der Waals surface area contributed by atoms with Crippen molar-refractivity contribution in [3.05, 3.63) is 29.8 Å². The average molecular weight is 286 g/mol. The van der Waals surface area contributed by atoms with Gasteiger partial charge < -0.3 is 11.1 Å². The van der Waals surface area contributed by atoms with Gasteiger partial charge in [-0.2, -0.15) is 12.7 Å². The third kappa shape index (κ3) is 4.79. The van der Waals surface area contributed by atoms with Crippen LogP contribution >= 0.6 is 0 Å². The first-order chi connectivity index (χ1) is 8.86. The topological polar surface area (TPSA) is 87.5 Å². The largest absolute Gasteiger partial charge is 0.329 e. The van der Waals surface area contributed by atoms with Crippen LogP contribution in [0.2, 0.25) is 0 Å². The molecule has 0 aliphatic carbocycles. The van der Waals surface area contributed by atoms with Crippen molar-refractivity contribution in [1.82, 2.24) is 9.62 Å². The number of hydrogen-bond donors (Lipinski definition) is 3. The van der Waals surface area contributed by atoms with Gasteiger partial charge in [-0.05, 0) is 24.6 Å². The van der Waals surface area contributed by atoms with Crippen molar-refractivity contribution < 1.29 is 8.42 Å². The molecule has 1 aromatic carbocycles. The van der Waals surface area contributed by atoms with Crippen molar-refractivity contribution in [1.29, 1.82) is 0 Å². The molecule has 1 aromatic rings. The number of nitrogens with one attached hydrogen (secondary N) is 2. The lowest BCUT2D eigenvalue weighted by Gasteiger charge is -2.17. The smallest absolute Gasteiger partial charge is 0.301 e. The summed E-state index contributed by atoms with van der Waals surface area (Å²) in [6, 6.07) is 7.42. The van der Waals surface area contributed by atoms with Gasteiger partial charge in [0.25, 0.3) is 0 Å². The maximum atomic E-state index is 11.7. The molecule has 0 amide bonds. The van der Waals surface area contributed by atoms with Crippen molar-refractivity contribution in [3.63, 3.8) is 0 Å². The third-order valence-corrected chi connectivity index (χ3v) is 4.16. The van der Waals surface area contributed by atoms with Crippen LogP contribution in [-0.2, 0) is 10.2 Å². The summed E-state index contributed by atoms with van der Waals surface area (Å²) >= 11 is 0. The van der Waals surface area contributed by atoms with E-state index in [-0.39, 0.29) is 6.04 Å². The zero-order chi connectivity index (χ0) is 14.5. The Kier molecular flexibility index (Phi) is 5.74. The van der Waals surface area contributed by atoms with Gasteiger partial charge >= 0.3 is 10.2 Å². The summed E-state index contributed by atoms with van der Waals surface area (Å²) in [4.78, 5) is 0. The predicted octanol–water partition coefficient (Wildman–Crippen LogP) is 0.514. The zero-order valence-corrected chi connectivity index (χ0v) is 12.4. The molecule has 0 aliphatic rings. The van der Waals surface area contributed by atoms with Gasteiger partial charge in [0, 0.05) is 33.2 Å². The molecule has 0 spiro atoms. The second-order valence-corrected chi connectivity index (χ2v) is 6.36. The van der Waals surface area contributed by atoms with Crippen molar-refractivity contribution in [2.24, 2.45) is 5.73 Å². The van der Waals surface area contributed by atoms with Crippen LogP contribution in [0.5, 0.6) is 0 Å². The van der Waals surface area contributed by atoms with Crippen LogP contribution in [0, 0.1) is 0 Å². The molecule has 1 rings (SSSR count). The molecular formula is C12H22N4O2S.